The molecule has 1 amide bonds. The summed E-state index contributed by atoms with van der Waals surface area (Å²) in [6.45, 7) is 0.771. The monoisotopic (exact) mass is 327 g/mol. The van der Waals surface area contributed by atoms with E-state index in [-0.39, 0.29) is 11.9 Å². The predicted octanol–water partition coefficient (Wildman–Crippen LogP) is 1.49. The molecule has 0 radical (unpaired) electrons. The van der Waals surface area contributed by atoms with Crippen molar-refractivity contribution in [3.05, 3.63) is 24.3 Å². The molecule has 0 unspecified atom stereocenters. The third-order valence-electron chi connectivity index (χ3n) is 2.66. The molecule has 1 rings (SSSR count). The van der Waals surface area contributed by atoms with Crippen molar-refractivity contribution in [1.82, 2.24) is 5.32 Å². The smallest absolute Gasteiger partial charge is 0.306 e. The molecule has 0 aromatic heterocycles. The molecule has 1 aromatic rings. The van der Waals surface area contributed by atoms with Crippen LogP contribution in [-0.2, 0) is 14.3 Å². The predicted molar refractivity (Wildman–Crippen MR) is 85.5 cm³/mol. The number of thioether (sulfide) groups is 1. The number of carbonyl (C=O) groups excluding carboxylic acids is 2. The van der Waals surface area contributed by atoms with Crippen LogP contribution >= 0.6 is 11.8 Å². The fourth-order valence-electron chi connectivity index (χ4n) is 1.56. The van der Waals surface area contributed by atoms with Crippen molar-refractivity contribution in [3.63, 3.8) is 0 Å². The summed E-state index contributed by atoms with van der Waals surface area (Å²) < 4.78 is 15.2. The molecule has 7 heteroatoms. The van der Waals surface area contributed by atoms with Gasteiger partial charge in [0.2, 0.25) is 5.91 Å². The molecule has 6 nitrogen and oxygen atoms in total. The Morgan fingerprint density at radius 3 is 2.59 bits per heavy atom. The van der Waals surface area contributed by atoms with Gasteiger partial charge in [-0.25, -0.2) is 0 Å². The summed E-state index contributed by atoms with van der Waals surface area (Å²) in [4.78, 5) is 22.5. The Balaban J connectivity index is 2.11. The van der Waals surface area contributed by atoms with Gasteiger partial charge in [-0.2, -0.15) is 11.8 Å². The second kappa shape index (κ2) is 10.8. The topological polar surface area (TPSA) is 73.9 Å². The van der Waals surface area contributed by atoms with Gasteiger partial charge in [0.25, 0.3) is 0 Å². The maximum atomic E-state index is 11.6. The minimum Gasteiger partial charge on any atom is -0.493 e. The highest BCUT2D eigenvalue weighted by atomic mass is 32.2. The van der Waals surface area contributed by atoms with Gasteiger partial charge in [0.15, 0.2) is 11.5 Å². The molecular formula is C15H21NO5S. The summed E-state index contributed by atoms with van der Waals surface area (Å²) in [6.07, 6.45) is 0.311. The number of carbonyl (C=O) groups is 2. The van der Waals surface area contributed by atoms with E-state index >= 15 is 0 Å². The van der Waals surface area contributed by atoms with E-state index in [9.17, 15) is 9.59 Å². The van der Waals surface area contributed by atoms with E-state index in [0.717, 1.165) is 0 Å². The molecule has 122 valence electrons. The number of ether oxygens (including phenoxy) is 3. The third-order valence-corrected chi connectivity index (χ3v) is 3.62. The van der Waals surface area contributed by atoms with Crippen LogP contribution in [0.4, 0.5) is 0 Å². The molecule has 0 saturated carbocycles. The third kappa shape index (κ3) is 7.21. The Labute approximate surface area is 134 Å². The SMILES string of the molecule is COC(=O)CCSCC(=O)NCCOc1ccccc1OC. The van der Waals surface area contributed by atoms with Crippen LogP contribution in [0.25, 0.3) is 0 Å². The Morgan fingerprint density at radius 1 is 1.18 bits per heavy atom. The molecule has 0 bridgehead atoms. The molecule has 0 atom stereocenters. The van der Waals surface area contributed by atoms with Crippen molar-refractivity contribution in [2.24, 2.45) is 0 Å². The highest BCUT2D eigenvalue weighted by molar-refractivity contribution is 7.99. The van der Waals surface area contributed by atoms with Crippen LogP contribution in [0.15, 0.2) is 24.3 Å². The van der Waals surface area contributed by atoms with Gasteiger partial charge in [0.1, 0.15) is 6.61 Å². The number of rotatable bonds is 10. The van der Waals surface area contributed by atoms with E-state index < -0.39 is 0 Å². The number of hydrogen-bond acceptors (Lipinski definition) is 6. The molecule has 0 aliphatic heterocycles. The number of amides is 1. The highest BCUT2D eigenvalue weighted by Crippen LogP contribution is 2.25. The summed E-state index contributed by atoms with van der Waals surface area (Å²) in [5, 5.41) is 2.75. The van der Waals surface area contributed by atoms with E-state index in [1.165, 1.54) is 18.9 Å². The lowest BCUT2D eigenvalue weighted by molar-refractivity contribution is -0.140. The summed E-state index contributed by atoms with van der Waals surface area (Å²) in [6, 6.07) is 7.34. The number of esters is 1. The van der Waals surface area contributed by atoms with Gasteiger partial charge in [-0.05, 0) is 12.1 Å². The maximum Gasteiger partial charge on any atom is 0.306 e. The number of benzene rings is 1. The summed E-state index contributed by atoms with van der Waals surface area (Å²) in [5.74, 6) is 1.83. The number of methoxy groups -OCH3 is 2. The van der Waals surface area contributed by atoms with Crippen molar-refractivity contribution in [2.75, 3.05) is 38.9 Å². The molecule has 1 N–H and O–H groups in total. The Morgan fingerprint density at radius 2 is 1.91 bits per heavy atom. The standard InChI is InChI=1S/C15H21NO5S/c1-19-12-5-3-4-6-13(12)21-9-8-16-14(17)11-22-10-7-15(18)20-2/h3-6H,7-11H2,1-2H3,(H,16,17). The second-order valence-electron chi connectivity index (χ2n) is 4.23. The summed E-state index contributed by atoms with van der Waals surface area (Å²) >= 11 is 1.39. The lowest BCUT2D eigenvalue weighted by Crippen LogP contribution is -2.29. The van der Waals surface area contributed by atoms with Crippen LogP contribution in [0, 0.1) is 0 Å². The van der Waals surface area contributed by atoms with Crippen molar-refractivity contribution in [3.8, 4) is 11.5 Å². The number of para-hydroxylation sites is 2. The van der Waals surface area contributed by atoms with E-state index in [1.807, 2.05) is 24.3 Å². The Hall–Kier alpha value is -1.89. The van der Waals surface area contributed by atoms with Crippen LogP contribution in [-0.4, -0.2) is 50.8 Å². The summed E-state index contributed by atoms with van der Waals surface area (Å²) in [7, 11) is 2.93. The second-order valence-corrected chi connectivity index (χ2v) is 5.33. The van der Waals surface area contributed by atoms with Gasteiger partial charge < -0.3 is 19.5 Å². The first-order chi connectivity index (χ1) is 10.7. The maximum absolute atomic E-state index is 11.6. The molecule has 1 aromatic carbocycles. The Kier molecular flexibility index (Phi) is 8.90. The van der Waals surface area contributed by atoms with Crippen LogP contribution < -0.4 is 14.8 Å². The average Bonchev–Trinajstić information content (AvgIpc) is 2.55. The van der Waals surface area contributed by atoms with Gasteiger partial charge >= 0.3 is 5.97 Å². The average molecular weight is 327 g/mol. The van der Waals surface area contributed by atoms with Crippen LogP contribution in [0.3, 0.4) is 0 Å². The van der Waals surface area contributed by atoms with Crippen molar-refractivity contribution in [2.45, 2.75) is 6.42 Å². The van der Waals surface area contributed by atoms with Crippen molar-refractivity contribution in [1.29, 1.82) is 0 Å². The molecule has 0 saturated heterocycles. The number of hydrogen-bond donors (Lipinski definition) is 1. The van der Waals surface area contributed by atoms with Crippen molar-refractivity contribution < 1.29 is 23.8 Å². The van der Waals surface area contributed by atoms with Gasteiger partial charge in [-0.3, -0.25) is 9.59 Å². The minimum atomic E-state index is -0.266. The Bertz CT molecular complexity index is 481. The zero-order chi connectivity index (χ0) is 16.2. The van der Waals surface area contributed by atoms with E-state index in [2.05, 4.69) is 10.1 Å². The van der Waals surface area contributed by atoms with Gasteiger partial charge in [-0.1, -0.05) is 12.1 Å². The van der Waals surface area contributed by atoms with Gasteiger partial charge in [0.05, 0.1) is 32.9 Å². The molecule has 22 heavy (non-hydrogen) atoms. The zero-order valence-corrected chi connectivity index (χ0v) is 13.6. The molecule has 0 heterocycles. The first-order valence-corrected chi connectivity index (χ1v) is 8.00. The molecular weight excluding hydrogens is 306 g/mol. The highest BCUT2D eigenvalue weighted by Gasteiger charge is 2.05. The quantitative estimate of drug-likeness (QED) is 0.518. The summed E-state index contributed by atoms with van der Waals surface area (Å²) in [5.41, 5.74) is 0. The van der Waals surface area contributed by atoms with E-state index in [4.69, 9.17) is 9.47 Å². The first-order valence-electron chi connectivity index (χ1n) is 6.84. The largest absolute Gasteiger partial charge is 0.493 e. The van der Waals surface area contributed by atoms with Crippen LogP contribution in [0.1, 0.15) is 6.42 Å². The van der Waals surface area contributed by atoms with Crippen molar-refractivity contribution >= 4 is 23.6 Å². The fraction of sp³-hybridized carbons (Fsp3) is 0.467. The molecule has 0 aliphatic carbocycles. The lowest BCUT2D eigenvalue weighted by atomic mass is 10.3. The van der Waals surface area contributed by atoms with Crippen LogP contribution in [0.5, 0.6) is 11.5 Å². The van der Waals surface area contributed by atoms with E-state index in [0.29, 0.717) is 42.6 Å². The minimum absolute atomic E-state index is 0.0847. The van der Waals surface area contributed by atoms with Gasteiger partial charge in [0, 0.05) is 5.75 Å². The van der Waals surface area contributed by atoms with Crippen LogP contribution in [0.2, 0.25) is 0 Å². The zero-order valence-electron chi connectivity index (χ0n) is 12.8. The number of nitrogens with one attached hydrogen (secondary N) is 1. The lowest BCUT2D eigenvalue weighted by Gasteiger charge is -2.10. The molecule has 0 fully saturated rings. The molecule has 0 aliphatic rings. The van der Waals surface area contributed by atoms with E-state index in [1.54, 1.807) is 7.11 Å². The fourth-order valence-corrected chi connectivity index (χ4v) is 2.31. The first kappa shape index (κ1) is 18.2. The normalized spacial score (nSPS) is 9.91. The van der Waals surface area contributed by atoms with Gasteiger partial charge in [-0.15, -0.1) is 0 Å². The molecule has 0 spiro atoms.